The van der Waals surface area contributed by atoms with E-state index in [4.69, 9.17) is 5.11 Å². The summed E-state index contributed by atoms with van der Waals surface area (Å²) in [5.74, 6) is -0.492. The van der Waals surface area contributed by atoms with E-state index in [0.29, 0.717) is 11.3 Å². The van der Waals surface area contributed by atoms with Gasteiger partial charge >= 0.3 is 0 Å². The number of aliphatic hydroxyl groups is 1. The summed E-state index contributed by atoms with van der Waals surface area (Å²) in [6, 6.07) is 3.69. The second-order valence-electron chi connectivity index (χ2n) is 3.20. The molecule has 0 aliphatic heterocycles. The average molecular weight is 219 g/mol. The molecule has 0 spiro atoms. The van der Waals surface area contributed by atoms with Crippen molar-refractivity contribution in [1.82, 2.24) is 0 Å². The number of hydrogen-bond donors (Lipinski definition) is 1. The molecule has 1 N–H and O–H groups in total. The van der Waals surface area contributed by atoms with Gasteiger partial charge in [0.05, 0.1) is 13.2 Å². The van der Waals surface area contributed by atoms with Crippen molar-refractivity contribution < 1.29 is 18.3 Å². The Bertz CT molecular complexity index is 330. The molecule has 0 saturated heterocycles. The first-order valence-electron chi connectivity index (χ1n) is 4.43. The number of rotatable bonds is 4. The molecule has 5 heteroatoms. The van der Waals surface area contributed by atoms with E-state index in [-0.39, 0.29) is 6.61 Å². The van der Waals surface area contributed by atoms with E-state index >= 15 is 0 Å². The number of benzene rings is 1. The van der Waals surface area contributed by atoms with Crippen LogP contribution in [0.2, 0.25) is 0 Å². The van der Waals surface area contributed by atoms with Gasteiger partial charge in [-0.2, -0.15) is 0 Å². The first kappa shape index (κ1) is 11.8. The van der Waals surface area contributed by atoms with Gasteiger partial charge in [0, 0.05) is 18.3 Å². The third-order valence-corrected chi connectivity index (χ3v) is 2.04. The van der Waals surface area contributed by atoms with Gasteiger partial charge in [-0.25, -0.2) is 13.2 Å². The summed E-state index contributed by atoms with van der Waals surface area (Å²) < 4.78 is 37.0. The highest BCUT2D eigenvalue weighted by atomic mass is 19.3. The zero-order valence-corrected chi connectivity index (χ0v) is 8.25. The predicted octanol–water partition coefficient (Wildman–Crippen LogP) is 2.02. The number of aliphatic hydroxyl groups excluding tert-OH is 1. The van der Waals surface area contributed by atoms with Crippen LogP contribution in [0.4, 0.5) is 18.9 Å². The van der Waals surface area contributed by atoms with E-state index in [1.165, 1.54) is 24.1 Å². The number of alkyl halides is 2. The Hall–Kier alpha value is -1.23. The van der Waals surface area contributed by atoms with Crippen LogP contribution in [0.5, 0.6) is 0 Å². The molecule has 1 aromatic rings. The van der Waals surface area contributed by atoms with E-state index in [2.05, 4.69) is 0 Å². The van der Waals surface area contributed by atoms with E-state index in [0.717, 1.165) is 6.07 Å². The minimum atomic E-state index is -2.47. The third kappa shape index (κ3) is 3.13. The second-order valence-corrected chi connectivity index (χ2v) is 3.20. The Morgan fingerprint density at radius 3 is 2.60 bits per heavy atom. The fourth-order valence-electron chi connectivity index (χ4n) is 1.36. The molecule has 2 nitrogen and oxygen atoms in total. The minimum absolute atomic E-state index is 0.304. The Morgan fingerprint density at radius 2 is 2.07 bits per heavy atom. The van der Waals surface area contributed by atoms with Crippen LogP contribution in [0.25, 0.3) is 0 Å². The van der Waals surface area contributed by atoms with Gasteiger partial charge in [-0.3, -0.25) is 0 Å². The molecule has 0 atom stereocenters. The molecule has 0 amide bonds. The first-order valence-corrected chi connectivity index (χ1v) is 4.43. The summed E-state index contributed by atoms with van der Waals surface area (Å²) in [4.78, 5) is 1.29. The summed E-state index contributed by atoms with van der Waals surface area (Å²) in [5, 5.41) is 8.95. The zero-order chi connectivity index (χ0) is 11.4. The molecule has 15 heavy (non-hydrogen) atoms. The molecular weight excluding hydrogens is 207 g/mol. The van der Waals surface area contributed by atoms with E-state index < -0.39 is 18.8 Å². The normalized spacial score (nSPS) is 10.8. The van der Waals surface area contributed by atoms with E-state index in [1.807, 2.05) is 0 Å². The molecule has 0 aliphatic carbocycles. The number of hydrogen-bond acceptors (Lipinski definition) is 2. The number of halogens is 3. The molecule has 0 unspecified atom stereocenters. The van der Waals surface area contributed by atoms with Crippen molar-refractivity contribution in [3.05, 3.63) is 29.6 Å². The van der Waals surface area contributed by atoms with Crippen LogP contribution in [0.15, 0.2) is 18.2 Å². The van der Waals surface area contributed by atoms with Gasteiger partial charge in [0.25, 0.3) is 6.43 Å². The van der Waals surface area contributed by atoms with Crippen molar-refractivity contribution in [1.29, 1.82) is 0 Å². The number of anilines is 1. The lowest BCUT2D eigenvalue weighted by molar-refractivity contribution is 0.156. The van der Waals surface area contributed by atoms with Crippen LogP contribution in [-0.4, -0.2) is 25.1 Å². The van der Waals surface area contributed by atoms with Gasteiger partial charge in [0.1, 0.15) is 5.82 Å². The predicted molar refractivity (Wildman–Crippen MR) is 51.6 cm³/mol. The first-order chi connectivity index (χ1) is 7.04. The standard InChI is InChI=1S/C10H12F3NO/c1-14(5-10(12)13)9-3-2-8(11)4-7(9)6-15/h2-4,10,15H,5-6H2,1H3. The molecule has 0 radical (unpaired) electrons. The Kier molecular flexibility index (Phi) is 3.96. The van der Waals surface area contributed by atoms with Crippen LogP contribution in [0, 0.1) is 5.82 Å². The molecule has 0 aliphatic rings. The Morgan fingerprint density at radius 1 is 1.40 bits per heavy atom. The van der Waals surface area contributed by atoms with Crippen molar-refractivity contribution in [2.24, 2.45) is 0 Å². The molecule has 0 bridgehead atoms. The third-order valence-electron chi connectivity index (χ3n) is 2.04. The van der Waals surface area contributed by atoms with Gasteiger partial charge in [-0.05, 0) is 18.2 Å². The maximum absolute atomic E-state index is 12.8. The monoisotopic (exact) mass is 219 g/mol. The van der Waals surface area contributed by atoms with Crippen molar-refractivity contribution in [3.8, 4) is 0 Å². The topological polar surface area (TPSA) is 23.5 Å². The van der Waals surface area contributed by atoms with E-state index in [9.17, 15) is 13.2 Å². The molecular formula is C10H12F3NO. The fourth-order valence-corrected chi connectivity index (χ4v) is 1.36. The van der Waals surface area contributed by atoms with Gasteiger partial charge in [-0.1, -0.05) is 0 Å². The van der Waals surface area contributed by atoms with Crippen LogP contribution in [0.3, 0.4) is 0 Å². The van der Waals surface area contributed by atoms with Crippen LogP contribution < -0.4 is 4.90 Å². The van der Waals surface area contributed by atoms with Crippen molar-refractivity contribution in [2.75, 3.05) is 18.5 Å². The summed E-state index contributed by atoms with van der Waals surface area (Å²) in [5.41, 5.74) is 0.720. The highest BCUT2D eigenvalue weighted by Gasteiger charge is 2.12. The Balaban J connectivity index is 2.92. The average Bonchev–Trinajstić information content (AvgIpc) is 2.16. The minimum Gasteiger partial charge on any atom is -0.392 e. The molecule has 0 aromatic heterocycles. The summed E-state index contributed by atoms with van der Waals surface area (Å²) >= 11 is 0. The molecule has 0 heterocycles. The van der Waals surface area contributed by atoms with Gasteiger partial charge < -0.3 is 10.0 Å². The lowest BCUT2D eigenvalue weighted by atomic mass is 10.1. The SMILES string of the molecule is CN(CC(F)F)c1ccc(F)cc1CO. The maximum atomic E-state index is 12.8. The highest BCUT2D eigenvalue weighted by molar-refractivity contribution is 5.53. The van der Waals surface area contributed by atoms with Crippen LogP contribution in [0.1, 0.15) is 5.56 Å². The fraction of sp³-hybridized carbons (Fsp3) is 0.400. The molecule has 0 saturated carbocycles. The molecule has 0 fully saturated rings. The summed E-state index contributed by atoms with van der Waals surface area (Å²) in [6.07, 6.45) is -2.47. The zero-order valence-electron chi connectivity index (χ0n) is 8.25. The van der Waals surface area contributed by atoms with Gasteiger partial charge in [-0.15, -0.1) is 0 Å². The molecule has 1 rings (SSSR count). The summed E-state index contributed by atoms with van der Waals surface area (Å²) in [6.45, 7) is -0.820. The van der Waals surface area contributed by atoms with E-state index in [1.54, 1.807) is 0 Å². The number of nitrogens with zero attached hydrogens (tertiary/aromatic N) is 1. The quantitative estimate of drug-likeness (QED) is 0.837. The maximum Gasteiger partial charge on any atom is 0.255 e. The van der Waals surface area contributed by atoms with Crippen molar-refractivity contribution >= 4 is 5.69 Å². The van der Waals surface area contributed by atoms with Gasteiger partial charge in [0.15, 0.2) is 0 Å². The van der Waals surface area contributed by atoms with Crippen LogP contribution in [-0.2, 0) is 6.61 Å². The smallest absolute Gasteiger partial charge is 0.255 e. The van der Waals surface area contributed by atoms with Crippen LogP contribution >= 0.6 is 0 Å². The largest absolute Gasteiger partial charge is 0.392 e. The van der Waals surface area contributed by atoms with Crippen molar-refractivity contribution in [2.45, 2.75) is 13.0 Å². The highest BCUT2D eigenvalue weighted by Crippen LogP contribution is 2.21. The Labute approximate surface area is 85.9 Å². The second kappa shape index (κ2) is 5.02. The summed E-state index contributed by atoms with van der Waals surface area (Å²) in [7, 11) is 1.47. The van der Waals surface area contributed by atoms with Gasteiger partial charge in [0.2, 0.25) is 0 Å². The van der Waals surface area contributed by atoms with Crippen molar-refractivity contribution in [3.63, 3.8) is 0 Å². The lowest BCUT2D eigenvalue weighted by Gasteiger charge is -2.21. The lowest BCUT2D eigenvalue weighted by Crippen LogP contribution is -2.25. The molecule has 84 valence electrons. The molecule has 1 aromatic carbocycles.